The van der Waals surface area contributed by atoms with Gasteiger partial charge in [-0.15, -0.1) is 0 Å². The van der Waals surface area contributed by atoms with Crippen LogP contribution >= 0.6 is 0 Å². The fourth-order valence-electron chi connectivity index (χ4n) is 2.92. The van der Waals surface area contributed by atoms with Crippen molar-refractivity contribution in [3.8, 4) is 0 Å². The number of rotatable bonds is 1. The third-order valence-corrected chi connectivity index (χ3v) is 3.94. The molecule has 3 aliphatic rings. The first-order chi connectivity index (χ1) is 6.93. The van der Waals surface area contributed by atoms with E-state index in [4.69, 9.17) is 4.99 Å². The van der Waals surface area contributed by atoms with Crippen LogP contribution in [0.5, 0.6) is 0 Å². The van der Waals surface area contributed by atoms with Gasteiger partial charge in [-0.1, -0.05) is 25.3 Å². The minimum absolute atomic E-state index is 0.669. The van der Waals surface area contributed by atoms with Gasteiger partial charge in [0.1, 0.15) is 0 Å². The molecular weight excluding hydrogens is 170 g/mol. The van der Waals surface area contributed by atoms with Gasteiger partial charge in [0, 0.05) is 11.6 Å². The van der Waals surface area contributed by atoms with Crippen LogP contribution in [0.1, 0.15) is 44.9 Å². The molecule has 2 saturated carbocycles. The lowest BCUT2D eigenvalue weighted by Gasteiger charge is -2.19. The summed E-state index contributed by atoms with van der Waals surface area (Å²) in [5.74, 6) is 1.84. The Kier molecular flexibility index (Phi) is 2.19. The van der Waals surface area contributed by atoms with Crippen LogP contribution in [0.4, 0.5) is 0 Å². The number of fused-ring (bicyclic) bond motifs is 1. The molecule has 2 fully saturated rings. The Bertz CT molecular complexity index is 271. The molecule has 0 N–H and O–H groups in total. The summed E-state index contributed by atoms with van der Waals surface area (Å²) in [7, 11) is 0. The zero-order chi connectivity index (χ0) is 9.38. The summed E-state index contributed by atoms with van der Waals surface area (Å²) >= 11 is 0. The molecule has 14 heavy (non-hydrogen) atoms. The maximum Gasteiger partial charge on any atom is 0.0503 e. The molecule has 76 valence electrons. The van der Waals surface area contributed by atoms with Crippen LogP contribution in [-0.4, -0.2) is 11.8 Å². The van der Waals surface area contributed by atoms with Crippen molar-refractivity contribution >= 4 is 5.71 Å². The minimum atomic E-state index is 0.669. The van der Waals surface area contributed by atoms with Gasteiger partial charge in [0.2, 0.25) is 0 Å². The second-order valence-electron chi connectivity index (χ2n) is 5.09. The highest BCUT2D eigenvalue weighted by Crippen LogP contribution is 2.45. The summed E-state index contributed by atoms with van der Waals surface area (Å²) in [6.45, 7) is 0. The van der Waals surface area contributed by atoms with E-state index in [-0.39, 0.29) is 0 Å². The van der Waals surface area contributed by atoms with E-state index in [0.717, 1.165) is 11.8 Å². The summed E-state index contributed by atoms with van der Waals surface area (Å²) in [6.07, 6.45) is 14.3. The monoisotopic (exact) mass is 189 g/mol. The Morgan fingerprint density at radius 1 is 1.14 bits per heavy atom. The van der Waals surface area contributed by atoms with Crippen LogP contribution in [0, 0.1) is 11.8 Å². The van der Waals surface area contributed by atoms with E-state index >= 15 is 0 Å². The van der Waals surface area contributed by atoms with Gasteiger partial charge in [-0.3, -0.25) is 4.99 Å². The molecule has 3 rings (SSSR count). The molecule has 1 heteroatoms. The first-order valence-electron chi connectivity index (χ1n) is 6.18. The third-order valence-electron chi connectivity index (χ3n) is 3.94. The van der Waals surface area contributed by atoms with Gasteiger partial charge in [-0.05, 0) is 37.7 Å². The Balaban J connectivity index is 1.70. The normalized spacial score (nSPS) is 39.9. The molecule has 0 bridgehead atoms. The maximum absolute atomic E-state index is 4.95. The second kappa shape index (κ2) is 3.52. The van der Waals surface area contributed by atoms with Gasteiger partial charge in [-0.25, -0.2) is 0 Å². The zero-order valence-electron chi connectivity index (χ0n) is 8.78. The van der Waals surface area contributed by atoms with Crippen molar-refractivity contribution in [2.75, 3.05) is 0 Å². The lowest BCUT2D eigenvalue weighted by Crippen LogP contribution is -2.14. The quantitative estimate of drug-likeness (QED) is 0.600. The maximum atomic E-state index is 4.95. The number of hydrogen-bond acceptors (Lipinski definition) is 1. The second-order valence-corrected chi connectivity index (χ2v) is 5.09. The Morgan fingerprint density at radius 3 is 2.86 bits per heavy atom. The van der Waals surface area contributed by atoms with Crippen LogP contribution in [0.15, 0.2) is 17.1 Å². The number of aliphatic imine (C=N–C) groups is 1. The average Bonchev–Trinajstić information content (AvgIpc) is 2.99. The van der Waals surface area contributed by atoms with Gasteiger partial charge < -0.3 is 0 Å². The van der Waals surface area contributed by atoms with E-state index in [0.29, 0.717) is 6.04 Å². The first kappa shape index (κ1) is 8.70. The van der Waals surface area contributed by atoms with Crippen molar-refractivity contribution in [3.63, 3.8) is 0 Å². The summed E-state index contributed by atoms with van der Waals surface area (Å²) in [4.78, 5) is 4.95. The molecule has 0 aromatic rings. The lowest BCUT2D eigenvalue weighted by atomic mass is 9.95. The fraction of sp³-hybridized carbons (Fsp3) is 0.769. The predicted octanol–water partition coefficient (Wildman–Crippen LogP) is 3.36. The highest BCUT2D eigenvalue weighted by Gasteiger charge is 2.41. The standard InChI is InChI=1S/C13H19N/c1-2-6-11(7-3-1)14-13-8-4-5-10-9-12(10)13/h4,8,10-12H,1-3,5-7,9H2. The van der Waals surface area contributed by atoms with E-state index in [1.54, 1.807) is 0 Å². The van der Waals surface area contributed by atoms with Crippen molar-refractivity contribution in [1.29, 1.82) is 0 Å². The van der Waals surface area contributed by atoms with Crippen LogP contribution in [0.25, 0.3) is 0 Å². The predicted molar refractivity (Wildman–Crippen MR) is 59.7 cm³/mol. The topological polar surface area (TPSA) is 12.4 Å². The van der Waals surface area contributed by atoms with Gasteiger partial charge >= 0.3 is 0 Å². The lowest BCUT2D eigenvalue weighted by molar-refractivity contribution is 0.442. The first-order valence-corrected chi connectivity index (χ1v) is 6.18. The largest absolute Gasteiger partial charge is 0.286 e. The molecule has 0 radical (unpaired) electrons. The molecule has 0 aliphatic heterocycles. The smallest absolute Gasteiger partial charge is 0.0503 e. The summed E-state index contributed by atoms with van der Waals surface area (Å²) < 4.78 is 0. The van der Waals surface area contributed by atoms with E-state index in [2.05, 4.69) is 12.2 Å². The van der Waals surface area contributed by atoms with Gasteiger partial charge in [0.25, 0.3) is 0 Å². The fourth-order valence-corrected chi connectivity index (χ4v) is 2.92. The molecule has 0 spiro atoms. The summed E-state index contributed by atoms with van der Waals surface area (Å²) in [5.41, 5.74) is 1.44. The molecule has 2 atom stereocenters. The molecule has 0 aromatic heterocycles. The Hall–Kier alpha value is -0.590. The Labute approximate surface area is 86.3 Å². The highest BCUT2D eigenvalue weighted by atomic mass is 14.8. The van der Waals surface area contributed by atoms with Crippen LogP contribution in [0.2, 0.25) is 0 Å². The molecule has 1 nitrogen and oxygen atoms in total. The molecule has 0 aromatic carbocycles. The number of hydrogen-bond donors (Lipinski definition) is 0. The van der Waals surface area contributed by atoms with Gasteiger partial charge in [-0.2, -0.15) is 0 Å². The van der Waals surface area contributed by atoms with E-state index in [1.807, 2.05) is 0 Å². The van der Waals surface area contributed by atoms with Crippen molar-refractivity contribution < 1.29 is 0 Å². The van der Waals surface area contributed by atoms with E-state index in [9.17, 15) is 0 Å². The third kappa shape index (κ3) is 1.65. The molecule has 0 amide bonds. The Morgan fingerprint density at radius 2 is 2.00 bits per heavy atom. The van der Waals surface area contributed by atoms with E-state index < -0.39 is 0 Å². The molecule has 0 heterocycles. The van der Waals surface area contributed by atoms with Crippen molar-refractivity contribution in [2.24, 2.45) is 16.8 Å². The number of allylic oxidation sites excluding steroid dienone is 2. The molecule has 2 unspecified atom stereocenters. The van der Waals surface area contributed by atoms with Crippen LogP contribution in [-0.2, 0) is 0 Å². The van der Waals surface area contributed by atoms with Crippen molar-refractivity contribution in [1.82, 2.24) is 0 Å². The SMILES string of the molecule is C1=CC(=NC2CCCCC2)C2CC2C1. The van der Waals surface area contributed by atoms with E-state index in [1.165, 1.54) is 50.7 Å². The minimum Gasteiger partial charge on any atom is -0.286 e. The summed E-state index contributed by atoms with van der Waals surface area (Å²) in [5, 5.41) is 0. The zero-order valence-corrected chi connectivity index (χ0v) is 8.78. The number of nitrogens with zero attached hydrogens (tertiary/aromatic N) is 1. The molecule has 3 aliphatic carbocycles. The van der Waals surface area contributed by atoms with Crippen LogP contribution in [0.3, 0.4) is 0 Å². The van der Waals surface area contributed by atoms with Crippen molar-refractivity contribution in [2.45, 2.75) is 51.0 Å². The highest BCUT2D eigenvalue weighted by molar-refractivity contribution is 5.99. The van der Waals surface area contributed by atoms with Crippen molar-refractivity contribution in [3.05, 3.63) is 12.2 Å². The van der Waals surface area contributed by atoms with Gasteiger partial charge in [0.05, 0.1) is 6.04 Å². The van der Waals surface area contributed by atoms with Gasteiger partial charge in [0.15, 0.2) is 0 Å². The summed E-state index contributed by atoms with van der Waals surface area (Å²) in [6, 6.07) is 0.669. The average molecular weight is 189 g/mol. The molecule has 0 saturated heterocycles. The molecular formula is C13H19N. The van der Waals surface area contributed by atoms with Crippen LogP contribution < -0.4 is 0 Å².